The summed E-state index contributed by atoms with van der Waals surface area (Å²) in [5.41, 5.74) is 1.19. The van der Waals surface area contributed by atoms with Crippen molar-refractivity contribution in [2.75, 3.05) is 0 Å². The maximum absolute atomic E-state index is 11.8. The van der Waals surface area contributed by atoms with Crippen LogP contribution in [0.3, 0.4) is 0 Å². The minimum absolute atomic E-state index is 0.178. The number of unbranched alkanes of at least 4 members (excludes halogenated alkanes) is 5. The highest BCUT2D eigenvalue weighted by Crippen LogP contribution is 2.12. The lowest BCUT2D eigenvalue weighted by atomic mass is 10.0. The molecular weight excluding hydrogens is 260 g/mol. The van der Waals surface area contributed by atoms with Gasteiger partial charge in [-0.15, -0.1) is 0 Å². The fourth-order valence-corrected chi connectivity index (χ4v) is 2.56. The summed E-state index contributed by atoms with van der Waals surface area (Å²) in [6.07, 6.45) is 9.29. The van der Waals surface area contributed by atoms with Crippen molar-refractivity contribution in [2.24, 2.45) is 0 Å². The Morgan fingerprint density at radius 2 is 1.71 bits per heavy atom. The molecule has 0 fully saturated rings. The third kappa shape index (κ3) is 9.41. The number of hydrogen-bond donors (Lipinski definition) is 1. The average molecular weight is 290 g/mol. The number of hydrogen-bond acceptors (Lipinski definition) is 2. The summed E-state index contributed by atoms with van der Waals surface area (Å²) >= 11 is 0. The van der Waals surface area contributed by atoms with E-state index in [0.29, 0.717) is 12.8 Å². The lowest BCUT2D eigenvalue weighted by molar-refractivity contribution is -0.121. The SMILES string of the molecule is CCCCCCCCC(O)CC(=O)CCc1ccccc1. The molecule has 0 radical (unpaired) electrons. The summed E-state index contributed by atoms with van der Waals surface area (Å²) in [4.78, 5) is 11.8. The zero-order chi connectivity index (χ0) is 15.3. The summed E-state index contributed by atoms with van der Waals surface area (Å²) in [6.45, 7) is 2.21. The molecule has 0 saturated carbocycles. The number of Topliss-reactive ketones (excluding diaryl/α,β-unsaturated/α-hetero) is 1. The molecule has 21 heavy (non-hydrogen) atoms. The molecule has 1 aromatic carbocycles. The summed E-state index contributed by atoms with van der Waals surface area (Å²) in [6, 6.07) is 10.1. The summed E-state index contributed by atoms with van der Waals surface area (Å²) < 4.78 is 0. The van der Waals surface area contributed by atoms with Gasteiger partial charge in [0.15, 0.2) is 0 Å². The Morgan fingerprint density at radius 3 is 2.43 bits per heavy atom. The third-order valence-corrected chi connectivity index (χ3v) is 3.89. The minimum atomic E-state index is -0.445. The quantitative estimate of drug-likeness (QED) is 0.567. The van der Waals surface area contributed by atoms with Crippen molar-refractivity contribution in [1.29, 1.82) is 0 Å². The molecule has 0 aliphatic rings. The number of carbonyl (C=O) groups is 1. The first-order valence-corrected chi connectivity index (χ1v) is 8.46. The van der Waals surface area contributed by atoms with Gasteiger partial charge in [0.1, 0.15) is 5.78 Å². The molecule has 1 N–H and O–H groups in total. The Bertz CT molecular complexity index is 372. The van der Waals surface area contributed by atoms with Crippen molar-refractivity contribution in [3.63, 3.8) is 0 Å². The fraction of sp³-hybridized carbons (Fsp3) is 0.632. The molecule has 0 saturated heterocycles. The van der Waals surface area contributed by atoms with Gasteiger partial charge in [-0.1, -0.05) is 75.8 Å². The van der Waals surface area contributed by atoms with Crippen LogP contribution in [0.15, 0.2) is 30.3 Å². The minimum Gasteiger partial charge on any atom is -0.393 e. The highest BCUT2D eigenvalue weighted by molar-refractivity contribution is 5.79. The summed E-state index contributed by atoms with van der Waals surface area (Å²) in [5, 5.41) is 9.90. The number of aliphatic hydroxyl groups excluding tert-OH is 1. The zero-order valence-electron chi connectivity index (χ0n) is 13.4. The molecule has 0 amide bonds. The number of aliphatic hydroxyl groups is 1. The van der Waals surface area contributed by atoms with Gasteiger partial charge in [0.2, 0.25) is 0 Å². The molecule has 118 valence electrons. The molecule has 0 aliphatic heterocycles. The molecule has 0 heterocycles. The van der Waals surface area contributed by atoms with Crippen LogP contribution in [0.1, 0.15) is 70.3 Å². The molecule has 1 atom stereocenters. The number of rotatable bonds is 12. The molecule has 2 heteroatoms. The van der Waals surface area contributed by atoms with Gasteiger partial charge < -0.3 is 5.11 Å². The van der Waals surface area contributed by atoms with Crippen molar-refractivity contribution >= 4 is 5.78 Å². The van der Waals surface area contributed by atoms with Gasteiger partial charge in [0.05, 0.1) is 6.10 Å². The largest absolute Gasteiger partial charge is 0.393 e. The number of aryl methyl sites for hydroxylation is 1. The highest BCUT2D eigenvalue weighted by Gasteiger charge is 2.10. The van der Waals surface area contributed by atoms with E-state index in [1.807, 2.05) is 30.3 Å². The van der Waals surface area contributed by atoms with Gasteiger partial charge in [-0.2, -0.15) is 0 Å². The number of benzene rings is 1. The second-order valence-corrected chi connectivity index (χ2v) is 5.94. The van der Waals surface area contributed by atoms with E-state index in [2.05, 4.69) is 6.92 Å². The lowest BCUT2D eigenvalue weighted by Crippen LogP contribution is -2.13. The molecule has 0 aliphatic carbocycles. The smallest absolute Gasteiger partial charge is 0.135 e. The highest BCUT2D eigenvalue weighted by atomic mass is 16.3. The van der Waals surface area contributed by atoms with E-state index in [1.165, 1.54) is 37.7 Å². The van der Waals surface area contributed by atoms with E-state index in [9.17, 15) is 9.90 Å². The molecule has 0 spiro atoms. The third-order valence-electron chi connectivity index (χ3n) is 3.89. The zero-order valence-corrected chi connectivity index (χ0v) is 13.4. The van der Waals surface area contributed by atoms with Crippen molar-refractivity contribution in [1.82, 2.24) is 0 Å². The molecule has 1 rings (SSSR count). The van der Waals surface area contributed by atoms with E-state index < -0.39 is 6.10 Å². The molecule has 1 unspecified atom stereocenters. The van der Waals surface area contributed by atoms with Gasteiger partial charge in [-0.3, -0.25) is 4.79 Å². The summed E-state index contributed by atoms with van der Waals surface area (Å²) in [5.74, 6) is 0.178. The van der Waals surface area contributed by atoms with Crippen molar-refractivity contribution in [2.45, 2.75) is 77.2 Å². The Kier molecular flexibility index (Phi) is 9.81. The van der Waals surface area contributed by atoms with Crippen molar-refractivity contribution in [3.05, 3.63) is 35.9 Å². The fourth-order valence-electron chi connectivity index (χ4n) is 2.56. The van der Waals surface area contributed by atoms with Crippen molar-refractivity contribution < 1.29 is 9.90 Å². The predicted molar refractivity (Wildman–Crippen MR) is 88.4 cm³/mol. The molecule has 0 aromatic heterocycles. The normalized spacial score (nSPS) is 12.3. The average Bonchev–Trinajstić information content (AvgIpc) is 2.50. The first-order chi connectivity index (χ1) is 10.2. The van der Waals surface area contributed by atoms with Crippen LogP contribution < -0.4 is 0 Å². The molecule has 0 bridgehead atoms. The Morgan fingerprint density at radius 1 is 1.05 bits per heavy atom. The van der Waals surface area contributed by atoms with E-state index in [0.717, 1.165) is 19.3 Å². The van der Waals surface area contributed by atoms with Crippen LogP contribution in [0.2, 0.25) is 0 Å². The van der Waals surface area contributed by atoms with Gasteiger partial charge in [-0.25, -0.2) is 0 Å². The van der Waals surface area contributed by atoms with E-state index in [1.54, 1.807) is 0 Å². The van der Waals surface area contributed by atoms with E-state index in [4.69, 9.17) is 0 Å². The van der Waals surface area contributed by atoms with Crippen LogP contribution >= 0.6 is 0 Å². The van der Waals surface area contributed by atoms with Gasteiger partial charge in [-0.05, 0) is 18.4 Å². The Balaban J connectivity index is 2.05. The Labute approximate surface area is 129 Å². The maximum Gasteiger partial charge on any atom is 0.135 e. The lowest BCUT2D eigenvalue weighted by Gasteiger charge is -2.09. The second-order valence-electron chi connectivity index (χ2n) is 5.94. The van der Waals surface area contributed by atoms with Crippen LogP contribution in [0.25, 0.3) is 0 Å². The van der Waals surface area contributed by atoms with Gasteiger partial charge in [0, 0.05) is 12.8 Å². The molecule has 1 aromatic rings. The van der Waals surface area contributed by atoms with Crippen LogP contribution in [0.5, 0.6) is 0 Å². The second kappa shape index (κ2) is 11.5. The molecule has 2 nitrogen and oxygen atoms in total. The molecular formula is C19H30O2. The van der Waals surface area contributed by atoms with E-state index in [-0.39, 0.29) is 5.78 Å². The van der Waals surface area contributed by atoms with E-state index >= 15 is 0 Å². The Hall–Kier alpha value is -1.15. The topological polar surface area (TPSA) is 37.3 Å². The van der Waals surface area contributed by atoms with Gasteiger partial charge >= 0.3 is 0 Å². The maximum atomic E-state index is 11.8. The summed E-state index contributed by atoms with van der Waals surface area (Å²) in [7, 11) is 0. The van der Waals surface area contributed by atoms with Gasteiger partial charge in [0.25, 0.3) is 0 Å². The predicted octanol–water partition coefficient (Wildman–Crippen LogP) is 4.69. The standard InChI is InChI=1S/C19H30O2/c1-2-3-4-5-6-10-13-18(20)16-19(21)15-14-17-11-8-7-9-12-17/h7-9,11-12,18,20H,2-6,10,13-16H2,1H3. The first kappa shape index (κ1) is 17.9. The number of carbonyl (C=O) groups excluding carboxylic acids is 1. The van der Waals surface area contributed by atoms with Crippen LogP contribution in [-0.2, 0) is 11.2 Å². The first-order valence-electron chi connectivity index (χ1n) is 8.46. The van der Waals surface area contributed by atoms with Crippen LogP contribution in [0.4, 0.5) is 0 Å². The monoisotopic (exact) mass is 290 g/mol. The van der Waals surface area contributed by atoms with Crippen LogP contribution in [-0.4, -0.2) is 17.0 Å². The number of ketones is 1. The van der Waals surface area contributed by atoms with Crippen LogP contribution in [0, 0.1) is 0 Å². The van der Waals surface area contributed by atoms with Crippen molar-refractivity contribution in [3.8, 4) is 0 Å².